The first kappa shape index (κ1) is 22.9. The predicted octanol–water partition coefficient (Wildman–Crippen LogP) is 1.73. The van der Waals surface area contributed by atoms with Gasteiger partial charge in [0.1, 0.15) is 5.75 Å². The molecule has 0 aromatic heterocycles. The fourth-order valence-electron chi connectivity index (χ4n) is 3.84. The Kier molecular flexibility index (Phi) is 7.73. The molecule has 2 heterocycles. The molecule has 2 aliphatic heterocycles. The molecule has 2 saturated heterocycles. The number of carbonyl (C=O) groups is 1. The zero-order valence-corrected chi connectivity index (χ0v) is 18.3. The summed E-state index contributed by atoms with van der Waals surface area (Å²) < 4.78 is 32.3. The number of benzene rings is 1. The minimum absolute atomic E-state index is 0. The van der Waals surface area contributed by atoms with E-state index in [0.717, 1.165) is 6.54 Å². The third-order valence-electron chi connectivity index (χ3n) is 5.82. The molecule has 0 aliphatic carbocycles. The van der Waals surface area contributed by atoms with Crippen molar-refractivity contribution in [1.29, 1.82) is 0 Å². The van der Waals surface area contributed by atoms with Crippen molar-refractivity contribution in [2.75, 3.05) is 33.3 Å². The lowest BCUT2D eigenvalue weighted by atomic mass is 9.94. The monoisotopic (exact) mass is 431 g/mol. The van der Waals surface area contributed by atoms with E-state index in [1.165, 1.54) is 4.31 Å². The zero-order valence-electron chi connectivity index (χ0n) is 16.6. The minimum atomic E-state index is -3.54. The van der Waals surface area contributed by atoms with Gasteiger partial charge in [0.2, 0.25) is 15.9 Å². The molecular formula is C19H30ClN3O4S. The highest BCUT2D eigenvalue weighted by molar-refractivity contribution is 7.89. The maximum atomic E-state index is 12.9. The molecule has 0 saturated carbocycles. The topological polar surface area (TPSA) is 79.0 Å². The van der Waals surface area contributed by atoms with E-state index in [9.17, 15) is 13.2 Å². The molecule has 9 heteroatoms. The third kappa shape index (κ3) is 4.62. The number of nitrogens with zero attached hydrogens (tertiary/aromatic N) is 2. The number of sulfonamides is 1. The minimum Gasteiger partial charge on any atom is -0.497 e. The summed E-state index contributed by atoms with van der Waals surface area (Å²) >= 11 is 0. The second-order valence-electron chi connectivity index (χ2n) is 7.37. The molecule has 2 atom stereocenters. The Morgan fingerprint density at radius 1 is 1.11 bits per heavy atom. The normalized spacial score (nSPS) is 24.5. The fraction of sp³-hybridized carbons (Fsp3) is 0.632. The third-order valence-corrected chi connectivity index (χ3v) is 7.73. The standard InChI is InChI=1S/C19H29N3O4S.ClH/c1-14-15(2)22(13-10-20-14)19(23)16-8-11-21(12-9-16)27(24,25)18-6-4-17(26-3)5-7-18;/h4-7,14-16,20H,8-13H2,1-3H3;1H. The maximum absolute atomic E-state index is 12.9. The van der Waals surface area contributed by atoms with Gasteiger partial charge in [0.25, 0.3) is 0 Å². The van der Waals surface area contributed by atoms with Gasteiger partial charge in [0.15, 0.2) is 0 Å². The summed E-state index contributed by atoms with van der Waals surface area (Å²) in [6.07, 6.45) is 1.14. The summed E-state index contributed by atoms with van der Waals surface area (Å²) in [7, 11) is -1.99. The fourth-order valence-corrected chi connectivity index (χ4v) is 5.31. The molecule has 0 spiro atoms. The second kappa shape index (κ2) is 9.43. The van der Waals surface area contributed by atoms with Crippen molar-refractivity contribution in [3.63, 3.8) is 0 Å². The van der Waals surface area contributed by atoms with Gasteiger partial charge >= 0.3 is 0 Å². The van der Waals surface area contributed by atoms with Crippen LogP contribution in [0, 0.1) is 5.92 Å². The van der Waals surface area contributed by atoms with E-state index < -0.39 is 10.0 Å². The highest BCUT2D eigenvalue weighted by Gasteiger charge is 2.36. The maximum Gasteiger partial charge on any atom is 0.243 e. The lowest BCUT2D eigenvalue weighted by molar-refractivity contribution is -0.140. The van der Waals surface area contributed by atoms with Crippen molar-refractivity contribution in [3.8, 4) is 5.75 Å². The molecule has 0 bridgehead atoms. The molecule has 158 valence electrons. The van der Waals surface area contributed by atoms with Crippen molar-refractivity contribution in [2.45, 2.75) is 43.7 Å². The zero-order chi connectivity index (χ0) is 19.6. The number of carbonyl (C=O) groups excluding carboxylic acids is 1. The van der Waals surface area contributed by atoms with Crippen LogP contribution in [0.3, 0.4) is 0 Å². The Morgan fingerprint density at radius 2 is 1.71 bits per heavy atom. The SMILES string of the molecule is COc1ccc(S(=O)(=O)N2CCC(C(=O)N3CCNC(C)C3C)CC2)cc1.Cl. The van der Waals surface area contributed by atoms with Crippen LogP contribution in [0.5, 0.6) is 5.75 Å². The Hall–Kier alpha value is -1.35. The Morgan fingerprint density at radius 3 is 2.29 bits per heavy atom. The van der Waals surface area contributed by atoms with Crippen LogP contribution < -0.4 is 10.1 Å². The van der Waals surface area contributed by atoms with E-state index in [1.54, 1.807) is 31.4 Å². The van der Waals surface area contributed by atoms with Crippen LogP contribution >= 0.6 is 12.4 Å². The summed E-state index contributed by atoms with van der Waals surface area (Å²) in [5, 5.41) is 3.38. The second-order valence-corrected chi connectivity index (χ2v) is 9.31. The Labute approximate surface area is 173 Å². The van der Waals surface area contributed by atoms with Crippen LogP contribution in [0.1, 0.15) is 26.7 Å². The van der Waals surface area contributed by atoms with Crippen LogP contribution in [0.2, 0.25) is 0 Å². The first-order valence-electron chi connectivity index (χ1n) is 9.52. The molecule has 0 radical (unpaired) electrons. The molecule has 7 nitrogen and oxygen atoms in total. The van der Waals surface area contributed by atoms with E-state index in [0.29, 0.717) is 38.2 Å². The molecule has 2 aliphatic rings. The van der Waals surface area contributed by atoms with Crippen LogP contribution in [0.15, 0.2) is 29.2 Å². The Bertz CT molecular complexity index is 764. The lowest BCUT2D eigenvalue weighted by Crippen LogP contribution is -2.59. The molecule has 1 aromatic rings. The largest absolute Gasteiger partial charge is 0.497 e. The van der Waals surface area contributed by atoms with Gasteiger partial charge in [-0.3, -0.25) is 4.79 Å². The number of amides is 1. The van der Waals surface area contributed by atoms with Gasteiger partial charge in [-0.1, -0.05) is 0 Å². The highest BCUT2D eigenvalue weighted by Crippen LogP contribution is 2.27. The van der Waals surface area contributed by atoms with Crippen molar-refractivity contribution >= 4 is 28.3 Å². The molecule has 1 aromatic carbocycles. The molecule has 2 unspecified atom stereocenters. The number of piperidine rings is 1. The highest BCUT2D eigenvalue weighted by atomic mass is 35.5. The average Bonchev–Trinajstić information content (AvgIpc) is 2.69. The molecule has 3 rings (SSSR count). The van der Waals surface area contributed by atoms with Crippen molar-refractivity contribution in [3.05, 3.63) is 24.3 Å². The summed E-state index contributed by atoms with van der Waals surface area (Å²) in [4.78, 5) is 15.1. The van der Waals surface area contributed by atoms with Crippen LogP contribution in [0.25, 0.3) is 0 Å². The summed E-state index contributed by atoms with van der Waals surface area (Å²) in [5.74, 6) is 0.690. The average molecular weight is 432 g/mol. The van der Waals surface area contributed by atoms with E-state index in [1.807, 2.05) is 4.90 Å². The first-order chi connectivity index (χ1) is 12.8. The molecule has 28 heavy (non-hydrogen) atoms. The van der Waals surface area contributed by atoms with Gasteiger partial charge in [-0.2, -0.15) is 4.31 Å². The number of piperazine rings is 1. The number of halogens is 1. The lowest BCUT2D eigenvalue weighted by Gasteiger charge is -2.41. The van der Waals surface area contributed by atoms with Crippen LogP contribution in [-0.4, -0.2) is 68.9 Å². The number of hydrogen-bond donors (Lipinski definition) is 1. The quantitative estimate of drug-likeness (QED) is 0.785. The van der Waals surface area contributed by atoms with E-state index >= 15 is 0 Å². The molecule has 1 amide bonds. The Balaban J connectivity index is 0.00000280. The number of nitrogens with one attached hydrogen (secondary N) is 1. The summed E-state index contributed by atoms with van der Waals surface area (Å²) in [6, 6.07) is 6.86. The van der Waals surface area contributed by atoms with Gasteiger partial charge in [0, 0.05) is 44.2 Å². The van der Waals surface area contributed by atoms with Gasteiger partial charge in [-0.25, -0.2) is 8.42 Å². The smallest absolute Gasteiger partial charge is 0.243 e. The van der Waals surface area contributed by atoms with Crippen LogP contribution in [0.4, 0.5) is 0 Å². The van der Waals surface area contributed by atoms with E-state index in [4.69, 9.17) is 4.74 Å². The van der Waals surface area contributed by atoms with Gasteiger partial charge in [0.05, 0.1) is 12.0 Å². The summed E-state index contributed by atoms with van der Waals surface area (Å²) in [6.45, 7) is 6.43. The van der Waals surface area contributed by atoms with Gasteiger partial charge in [-0.05, 0) is 51.0 Å². The van der Waals surface area contributed by atoms with Crippen LogP contribution in [-0.2, 0) is 14.8 Å². The predicted molar refractivity (Wildman–Crippen MR) is 110 cm³/mol. The number of hydrogen-bond acceptors (Lipinski definition) is 5. The summed E-state index contributed by atoms with van der Waals surface area (Å²) in [5.41, 5.74) is 0. The van der Waals surface area contributed by atoms with Crippen molar-refractivity contribution in [1.82, 2.24) is 14.5 Å². The van der Waals surface area contributed by atoms with E-state index in [2.05, 4.69) is 19.2 Å². The van der Waals surface area contributed by atoms with Gasteiger partial charge in [-0.15, -0.1) is 12.4 Å². The van der Waals surface area contributed by atoms with Crippen molar-refractivity contribution < 1.29 is 17.9 Å². The van der Waals surface area contributed by atoms with Gasteiger partial charge < -0.3 is 15.0 Å². The van der Waals surface area contributed by atoms with Crippen molar-refractivity contribution in [2.24, 2.45) is 5.92 Å². The van der Waals surface area contributed by atoms with E-state index in [-0.39, 0.29) is 41.2 Å². The molecular weight excluding hydrogens is 402 g/mol. The number of rotatable bonds is 4. The molecule has 2 fully saturated rings. The number of methoxy groups -OCH3 is 1. The first-order valence-corrected chi connectivity index (χ1v) is 11.0. The number of ether oxygens (including phenoxy) is 1. The molecule has 1 N–H and O–H groups in total.